The standard InChI is InChI=1S/C14H29NO2S/c1-5-18(16,17)11-10-15-13-8-6-12(7-9-13)14(2,3)4/h12-13,15H,5-11H2,1-4H3. The molecule has 1 saturated carbocycles. The van der Waals surface area contributed by atoms with E-state index in [1.165, 1.54) is 25.7 Å². The fourth-order valence-electron chi connectivity index (χ4n) is 2.73. The van der Waals surface area contributed by atoms with Gasteiger partial charge in [0, 0.05) is 18.3 Å². The summed E-state index contributed by atoms with van der Waals surface area (Å²) in [5, 5.41) is 3.40. The van der Waals surface area contributed by atoms with E-state index in [1.807, 2.05) is 0 Å². The van der Waals surface area contributed by atoms with Crippen molar-refractivity contribution in [3.63, 3.8) is 0 Å². The maximum atomic E-state index is 11.4. The zero-order valence-corrected chi connectivity index (χ0v) is 13.1. The van der Waals surface area contributed by atoms with Crippen LogP contribution in [0.2, 0.25) is 0 Å². The van der Waals surface area contributed by atoms with Crippen LogP contribution in [0.4, 0.5) is 0 Å². The van der Waals surface area contributed by atoms with Crippen molar-refractivity contribution in [2.24, 2.45) is 11.3 Å². The van der Waals surface area contributed by atoms with Crippen molar-refractivity contribution in [2.75, 3.05) is 18.1 Å². The summed E-state index contributed by atoms with van der Waals surface area (Å²) in [6.45, 7) is 9.28. The number of nitrogens with one attached hydrogen (secondary N) is 1. The van der Waals surface area contributed by atoms with Crippen molar-refractivity contribution >= 4 is 9.84 Å². The summed E-state index contributed by atoms with van der Waals surface area (Å²) in [7, 11) is -2.82. The molecule has 1 rings (SSSR count). The molecule has 4 heteroatoms. The lowest BCUT2D eigenvalue weighted by Gasteiger charge is -2.37. The maximum Gasteiger partial charge on any atom is 0.151 e. The third kappa shape index (κ3) is 5.27. The van der Waals surface area contributed by atoms with E-state index in [0.717, 1.165) is 5.92 Å². The molecule has 0 aliphatic heterocycles. The molecule has 0 bridgehead atoms. The molecule has 0 radical (unpaired) electrons. The van der Waals surface area contributed by atoms with Crippen LogP contribution in [0.3, 0.4) is 0 Å². The van der Waals surface area contributed by atoms with E-state index in [1.54, 1.807) is 6.92 Å². The molecule has 0 unspecified atom stereocenters. The topological polar surface area (TPSA) is 46.2 Å². The highest BCUT2D eigenvalue weighted by atomic mass is 32.2. The summed E-state index contributed by atoms with van der Waals surface area (Å²) in [6.07, 6.45) is 4.91. The molecule has 108 valence electrons. The molecule has 0 aromatic carbocycles. The van der Waals surface area contributed by atoms with Crippen LogP contribution in [-0.2, 0) is 9.84 Å². The van der Waals surface area contributed by atoms with Crippen LogP contribution in [0.15, 0.2) is 0 Å². The van der Waals surface area contributed by atoms with E-state index in [4.69, 9.17) is 0 Å². The van der Waals surface area contributed by atoms with Gasteiger partial charge in [-0.2, -0.15) is 0 Å². The van der Waals surface area contributed by atoms with Crippen LogP contribution in [0.5, 0.6) is 0 Å². The van der Waals surface area contributed by atoms with Crippen molar-refractivity contribution in [3.8, 4) is 0 Å². The zero-order chi connectivity index (χ0) is 13.8. The Labute approximate surface area is 113 Å². The van der Waals surface area contributed by atoms with Gasteiger partial charge in [0.05, 0.1) is 5.75 Å². The van der Waals surface area contributed by atoms with Crippen LogP contribution in [-0.4, -0.2) is 32.5 Å². The van der Waals surface area contributed by atoms with Crippen LogP contribution >= 0.6 is 0 Å². The summed E-state index contributed by atoms with van der Waals surface area (Å²) in [5.74, 6) is 1.35. The van der Waals surface area contributed by atoms with E-state index in [9.17, 15) is 8.42 Å². The first-order chi connectivity index (χ1) is 8.24. The van der Waals surface area contributed by atoms with Crippen LogP contribution < -0.4 is 5.32 Å². The predicted octanol–water partition coefficient (Wildman–Crippen LogP) is 2.62. The molecule has 0 aromatic heterocycles. The number of hydrogen-bond donors (Lipinski definition) is 1. The normalized spacial score (nSPS) is 26.2. The quantitative estimate of drug-likeness (QED) is 0.839. The van der Waals surface area contributed by atoms with Gasteiger partial charge in [0.25, 0.3) is 0 Å². The first-order valence-corrected chi connectivity index (χ1v) is 9.00. The van der Waals surface area contributed by atoms with Crippen molar-refractivity contribution in [3.05, 3.63) is 0 Å². The lowest BCUT2D eigenvalue weighted by Crippen LogP contribution is -2.38. The van der Waals surface area contributed by atoms with Gasteiger partial charge in [-0.25, -0.2) is 8.42 Å². The SMILES string of the molecule is CCS(=O)(=O)CCNC1CCC(C(C)(C)C)CC1. The summed E-state index contributed by atoms with van der Waals surface area (Å²) in [4.78, 5) is 0. The Kier molecular flexibility index (Phi) is 5.66. The Bertz CT molecular complexity index is 335. The Morgan fingerprint density at radius 3 is 2.11 bits per heavy atom. The summed E-state index contributed by atoms with van der Waals surface area (Å²) >= 11 is 0. The zero-order valence-electron chi connectivity index (χ0n) is 12.3. The van der Waals surface area contributed by atoms with E-state index in [0.29, 0.717) is 18.0 Å². The highest BCUT2D eigenvalue weighted by Gasteiger charge is 2.29. The fraction of sp³-hybridized carbons (Fsp3) is 1.00. The third-order valence-electron chi connectivity index (χ3n) is 4.24. The minimum atomic E-state index is -2.82. The third-order valence-corrected chi connectivity index (χ3v) is 5.94. The van der Waals surface area contributed by atoms with Gasteiger partial charge in [0.1, 0.15) is 0 Å². The Balaban J connectivity index is 2.25. The van der Waals surface area contributed by atoms with Crippen LogP contribution in [0.1, 0.15) is 53.4 Å². The number of rotatable bonds is 5. The minimum absolute atomic E-state index is 0.255. The molecule has 0 heterocycles. The second-order valence-corrected chi connectivity index (χ2v) is 9.08. The van der Waals surface area contributed by atoms with E-state index in [2.05, 4.69) is 26.1 Å². The Morgan fingerprint density at radius 1 is 1.11 bits per heavy atom. The molecule has 3 nitrogen and oxygen atoms in total. The summed E-state index contributed by atoms with van der Waals surface area (Å²) < 4.78 is 22.8. The molecular formula is C14H29NO2S. The highest BCUT2D eigenvalue weighted by Crippen LogP contribution is 2.37. The first kappa shape index (κ1) is 16.0. The molecule has 1 N–H and O–H groups in total. The second-order valence-electron chi connectivity index (χ2n) is 6.61. The molecule has 0 saturated heterocycles. The van der Waals surface area contributed by atoms with Gasteiger partial charge in [-0.05, 0) is 37.0 Å². The highest BCUT2D eigenvalue weighted by molar-refractivity contribution is 7.91. The molecule has 18 heavy (non-hydrogen) atoms. The average Bonchev–Trinajstić information content (AvgIpc) is 2.28. The number of hydrogen-bond acceptors (Lipinski definition) is 3. The molecule has 0 amide bonds. The van der Waals surface area contributed by atoms with Gasteiger partial charge in [-0.1, -0.05) is 27.7 Å². The molecule has 1 fully saturated rings. The van der Waals surface area contributed by atoms with E-state index < -0.39 is 9.84 Å². The lowest BCUT2D eigenvalue weighted by molar-refractivity contribution is 0.161. The maximum absolute atomic E-state index is 11.4. The number of sulfone groups is 1. The van der Waals surface area contributed by atoms with Gasteiger partial charge in [-0.3, -0.25) is 0 Å². The monoisotopic (exact) mass is 275 g/mol. The Morgan fingerprint density at radius 2 is 1.67 bits per heavy atom. The molecular weight excluding hydrogens is 246 g/mol. The summed E-state index contributed by atoms with van der Waals surface area (Å²) in [6, 6.07) is 0.524. The predicted molar refractivity (Wildman–Crippen MR) is 77.5 cm³/mol. The van der Waals surface area contributed by atoms with Crippen LogP contribution in [0.25, 0.3) is 0 Å². The van der Waals surface area contributed by atoms with Crippen molar-refractivity contribution < 1.29 is 8.42 Å². The minimum Gasteiger partial charge on any atom is -0.313 e. The summed E-state index contributed by atoms with van der Waals surface area (Å²) in [5.41, 5.74) is 0.413. The largest absolute Gasteiger partial charge is 0.313 e. The van der Waals surface area contributed by atoms with Gasteiger partial charge in [-0.15, -0.1) is 0 Å². The lowest BCUT2D eigenvalue weighted by atomic mass is 9.71. The van der Waals surface area contributed by atoms with Crippen molar-refractivity contribution in [1.82, 2.24) is 5.32 Å². The molecule has 1 aliphatic rings. The van der Waals surface area contributed by atoms with Gasteiger partial charge >= 0.3 is 0 Å². The molecule has 0 atom stereocenters. The first-order valence-electron chi connectivity index (χ1n) is 7.18. The van der Waals surface area contributed by atoms with Gasteiger partial charge < -0.3 is 5.32 Å². The second kappa shape index (κ2) is 6.38. The average molecular weight is 275 g/mol. The van der Waals surface area contributed by atoms with Gasteiger partial charge in [0.15, 0.2) is 9.84 Å². The van der Waals surface area contributed by atoms with Crippen LogP contribution in [0, 0.1) is 11.3 Å². The fourth-order valence-corrected chi connectivity index (χ4v) is 3.44. The van der Waals surface area contributed by atoms with Gasteiger partial charge in [0.2, 0.25) is 0 Å². The van der Waals surface area contributed by atoms with E-state index in [-0.39, 0.29) is 11.5 Å². The Hall–Kier alpha value is -0.0900. The molecule has 1 aliphatic carbocycles. The van der Waals surface area contributed by atoms with E-state index >= 15 is 0 Å². The van der Waals surface area contributed by atoms with Crippen molar-refractivity contribution in [1.29, 1.82) is 0 Å². The smallest absolute Gasteiger partial charge is 0.151 e. The molecule has 0 aromatic rings. The van der Waals surface area contributed by atoms with Crippen molar-refractivity contribution in [2.45, 2.75) is 59.4 Å². The molecule has 0 spiro atoms.